The van der Waals surface area contributed by atoms with Gasteiger partial charge >= 0.3 is 18.9 Å². The molecule has 0 saturated carbocycles. The van der Waals surface area contributed by atoms with Gasteiger partial charge in [0.2, 0.25) is 5.91 Å². The summed E-state index contributed by atoms with van der Waals surface area (Å²) < 4.78 is 5.42. The first-order chi connectivity index (χ1) is 7.56. The Morgan fingerprint density at radius 2 is 2.35 bits per heavy atom. The molecule has 0 N–H and O–H groups in total. The summed E-state index contributed by atoms with van der Waals surface area (Å²) in [7, 11) is 0. The van der Waals surface area contributed by atoms with E-state index in [4.69, 9.17) is 17.0 Å². The number of allylic oxidation sites excluding steroid dienone is 1. The van der Waals surface area contributed by atoms with Crippen LogP contribution in [-0.4, -0.2) is 34.4 Å². The number of amides is 1. The van der Waals surface area contributed by atoms with Crippen molar-refractivity contribution in [2.24, 2.45) is 0 Å². The minimum Gasteiger partial charge on any atom is -0.547 e. The van der Waals surface area contributed by atoms with Gasteiger partial charge in [-0.05, 0) is 17.9 Å². The number of carboxylic acid groups (broad SMARTS) is 1. The number of fused-ring (bicyclic) bond motifs is 1. The largest absolute Gasteiger partial charge is 1.00 e. The molecule has 2 rings (SSSR count). The van der Waals surface area contributed by atoms with E-state index in [1.165, 1.54) is 10.3 Å². The van der Waals surface area contributed by atoms with E-state index >= 15 is 0 Å². The molecule has 1 amide bonds. The average Bonchev–Trinajstić information content (AvgIpc) is 2.51. The minimum absolute atomic E-state index is 0. The second-order valence-corrected chi connectivity index (χ2v) is 4.15. The van der Waals surface area contributed by atoms with Crippen molar-refractivity contribution in [3.05, 3.63) is 11.3 Å². The summed E-state index contributed by atoms with van der Waals surface area (Å²) in [5.74, 6) is -1.23. The van der Waals surface area contributed by atoms with Gasteiger partial charge in [0.05, 0.1) is 12.4 Å². The molecule has 0 radical (unpaired) electrons. The molecule has 0 spiro atoms. The Labute approximate surface area is 116 Å². The molecule has 0 aromatic rings. The van der Waals surface area contributed by atoms with Gasteiger partial charge in [-0.25, -0.2) is 0 Å². The van der Waals surface area contributed by atoms with Crippen LogP contribution in [0.1, 0.15) is 19.8 Å². The standard InChI is InChI=1S/C10H11NO4S.Li/c1-5(2-3-16)9-8(10(13)14)11-6(12)4-7(11)15-9;/h3,7-8H,2,4H2,1H3,(H,13,14);/q;+1/p-1. The van der Waals surface area contributed by atoms with E-state index in [-0.39, 0.29) is 31.2 Å². The number of hydrogen-bond acceptors (Lipinski definition) is 5. The number of carboxylic acids is 1. The van der Waals surface area contributed by atoms with Gasteiger partial charge in [0.15, 0.2) is 6.23 Å². The molecule has 17 heavy (non-hydrogen) atoms. The fraction of sp³-hybridized carbons (Fsp3) is 0.500. The first kappa shape index (κ1) is 14.2. The second kappa shape index (κ2) is 5.21. The van der Waals surface area contributed by atoms with Gasteiger partial charge in [-0.1, -0.05) is 12.2 Å². The first-order valence-electron chi connectivity index (χ1n) is 4.88. The number of thiocarbonyl (C=S) groups is 1. The van der Waals surface area contributed by atoms with E-state index in [9.17, 15) is 14.7 Å². The Kier molecular flexibility index (Phi) is 4.36. The fourth-order valence-corrected chi connectivity index (χ4v) is 2.18. The van der Waals surface area contributed by atoms with Crippen molar-refractivity contribution < 1.29 is 38.3 Å². The van der Waals surface area contributed by atoms with Gasteiger partial charge in [-0.2, -0.15) is 0 Å². The van der Waals surface area contributed by atoms with Crippen molar-refractivity contribution in [1.29, 1.82) is 0 Å². The molecule has 0 aromatic heterocycles. The van der Waals surface area contributed by atoms with Crippen molar-refractivity contribution in [2.75, 3.05) is 0 Å². The molecule has 0 bridgehead atoms. The minimum atomic E-state index is -1.31. The van der Waals surface area contributed by atoms with Crippen molar-refractivity contribution in [2.45, 2.75) is 32.0 Å². The number of ether oxygens (including phenoxy) is 1. The third-order valence-corrected chi connectivity index (χ3v) is 2.94. The number of carbonyl (C=O) groups excluding carboxylic acids is 2. The molecule has 2 fully saturated rings. The quantitative estimate of drug-likeness (QED) is 0.292. The molecular formula is C10H10LiNO4S. The third kappa shape index (κ3) is 2.25. The zero-order valence-corrected chi connectivity index (χ0v) is 10.5. The van der Waals surface area contributed by atoms with Crippen molar-refractivity contribution in [3.63, 3.8) is 0 Å². The van der Waals surface area contributed by atoms with Crippen LogP contribution < -0.4 is 24.0 Å². The molecule has 5 nitrogen and oxygen atoms in total. The van der Waals surface area contributed by atoms with Crippen LogP contribution in [0.25, 0.3) is 0 Å². The molecule has 86 valence electrons. The topological polar surface area (TPSA) is 69.7 Å². The Balaban J connectivity index is 0.00000144. The van der Waals surface area contributed by atoms with Crippen molar-refractivity contribution in [1.82, 2.24) is 4.90 Å². The molecule has 2 atom stereocenters. The predicted molar refractivity (Wildman–Crippen MR) is 56.1 cm³/mol. The van der Waals surface area contributed by atoms with Crippen molar-refractivity contribution in [3.8, 4) is 0 Å². The van der Waals surface area contributed by atoms with E-state index in [1.54, 1.807) is 6.92 Å². The van der Waals surface area contributed by atoms with Crippen LogP contribution in [0.4, 0.5) is 0 Å². The zero-order chi connectivity index (χ0) is 11.9. The number of hydrogen-bond donors (Lipinski definition) is 0. The maximum absolute atomic E-state index is 11.3. The maximum Gasteiger partial charge on any atom is 1.00 e. The normalized spacial score (nSPS) is 28.5. The van der Waals surface area contributed by atoms with E-state index in [1.807, 2.05) is 0 Å². The van der Waals surface area contributed by atoms with Crippen LogP contribution in [-0.2, 0) is 14.3 Å². The Morgan fingerprint density at radius 1 is 1.71 bits per heavy atom. The predicted octanol–water partition coefficient (Wildman–Crippen LogP) is -3.64. The number of carbonyl (C=O) groups is 2. The molecule has 2 aliphatic rings. The molecular weight excluding hydrogens is 237 g/mol. The Bertz CT molecular complexity index is 409. The van der Waals surface area contributed by atoms with Gasteiger partial charge in [0.25, 0.3) is 0 Å². The Hall–Kier alpha value is -0.833. The molecule has 0 aromatic carbocycles. The first-order valence-corrected chi connectivity index (χ1v) is 5.35. The van der Waals surface area contributed by atoms with Gasteiger partial charge < -0.3 is 14.6 Å². The Morgan fingerprint density at radius 3 is 2.82 bits per heavy atom. The summed E-state index contributed by atoms with van der Waals surface area (Å²) in [5.41, 5.74) is 0.728. The average molecular weight is 247 g/mol. The van der Waals surface area contributed by atoms with Crippen LogP contribution in [0.3, 0.4) is 0 Å². The molecule has 2 saturated heterocycles. The van der Waals surface area contributed by atoms with Gasteiger partial charge in [-0.15, -0.1) is 0 Å². The van der Waals surface area contributed by atoms with Crippen LogP contribution in [0, 0.1) is 0 Å². The molecule has 2 heterocycles. The zero-order valence-electron chi connectivity index (χ0n) is 9.63. The molecule has 2 aliphatic heterocycles. The van der Waals surface area contributed by atoms with Crippen LogP contribution in [0.5, 0.6) is 0 Å². The maximum atomic E-state index is 11.3. The fourth-order valence-electron chi connectivity index (χ4n) is 1.93. The summed E-state index contributed by atoms with van der Waals surface area (Å²) in [6.07, 6.45) is 0.256. The number of nitrogens with zero attached hydrogens (tertiary/aromatic N) is 1. The molecule has 0 aliphatic carbocycles. The van der Waals surface area contributed by atoms with E-state index in [2.05, 4.69) is 0 Å². The third-order valence-electron chi connectivity index (χ3n) is 2.77. The molecule has 7 heteroatoms. The summed E-state index contributed by atoms with van der Waals surface area (Å²) in [4.78, 5) is 23.5. The van der Waals surface area contributed by atoms with Gasteiger partial charge in [0, 0.05) is 6.42 Å². The van der Waals surface area contributed by atoms with E-state index < -0.39 is 18.2 Å². The number of β-lactam (4-membered cyclic amide) rings is 1. The molecule has 2 unspecified atom stereocenters. The van der Waals surface area contributed by atoms with Crippen LogP contribution in [0.15, 0.2) is 11.3 Å². The summed E-state index contributed by atoms with van der Waals surface area (Å²) in [5, 5.41) is 12.5. The van der Waals surface area contributed by atoms with Gasteiger partial charge in [0.1, 0.15) is 11.8 Å². The monoisotopic (exact) mass is 247 g/mol. The second-order valence-electron chi connectivity index (χ2n) is 3.81. The number of aliphatic carboxylic acids is 1. The van der Waals surface area contributed by atoms with E-state index in [0.29, 0.717) is 12.2 Å². The van der Waals surface area contributed by atoms with Crippen LogP contribution in [0.2, 0.25) is 0 Å². The van der Waals surface area contributed by atoms with Crippen molar-refractivity contribution >= 4 is 29.5 Å². The smallest absolute Gasteiger partial charge is 0.547 e. The van der Waals surface area contributed by atoms with Gasteiger partial charge in [-0.3, -0.25) is 9.69 Å². The summed E-state index contributed by atoms with van der Waals surface area (Å²) >= 11 is 4.71. The SMILES string of the molecule is CC(CC=S)=C1OC2CC(=O)N2C1C(=O)[O-].[Li+]. The summed E-state index contributed by atoms with van der Waals surface area (Å²) in [6, 6.07) is -1.08. The summed E-state index contributed by atoms with van der Waals surface area (Å²) in [6.45, 7) is 1.74. The van der Waals surface area contributed by atoms with Crippen LogP contribution >= 0.6 is 12.2 Å². The number of rotatable bonds is 3. The van der Waals surface area contributed by atoms with E-state index in [0.717, 1.165) is 5.57 Å².